The van der Waals surface area contributed by atoms with Crippen molar-refractivity contribution < 1.29 is 5.11 Å². The number of H-pyrrole nitrogens is 1. The van der Waals surface area contributed by atoms with Crippen molar-refractivity contribution in [2.75, 3.05) is 6.61 Å². The first-order valence-corrected chi connectivity index (χ1v) is 6.54. The molecule has 7 heteroatoms. The van der Waals surface area contributed by atoms with E-state index < -0.39 is 0 Å². The molecule has 1 unspecified atom stereocenters. The summed E-state index contributed by atoms with van der Waals surface area (Å²) >= 11 is 0. The fourth-order valence-corrected chi connectivity index (χ4v) is 1.82. The van der Waals surface area contributed by atoms with E-state index in [1.54, 1.807) is 31.0 Å². The molecule has 1 aliphatic rings. The number of aromatic nitrogens is 6. The topological polar surface area (TPSA) is 100 Å². The van der Waals surface area contributed by atoms with Crippen molar-refractivity contribution in [1.82, 2.24) is 29.9 Å². The van der Waals surface area contributed by atoms with E-state index in [1.807, 2.05) is 6.08 Å². The lowest BCUT2D eigenvalue weighted by Gasteiger charge is -1.91. The van der Waals surface area contributed by atoms with Crippen LogP contribution in [0.15, 0.2) is 42.9 Å². The summed E-state index contributed by atoms with van der Waals surface area (Å²) in [5, 5.41) is 8.89. The molecule has 0 bridgehead atoms. The second-order valence-electron chi connectivity index (χ2n) is 4.58. The molecule has 0 radical (unpaired) electrons. The van der Waals surface area contributed by atoms with Crippen molar-refractivity contribution in [2.24, 2.45) is 5.92 Å². The summed E-state index contributed by atoms with van der Waals surface area (Å²) in [6.45, 7) is 0.219. The number of aliphatic hydroxyl groups excluding tert-OH is 1. The first kappa shape index (κ1) is 13.3. The molecule has 3 heterocycles. The number of rotatable bonds is 2. The number of nitrogens with zero attached hydrogens (tertiary/aromatic N) is 5. The Kier molecular flexibility index (Phi) is 3.92. The van der Waals surface area contributed by atoms with Crippen molar-refractivity contribution in [1.29, 1.82) is 0 Å². The highest BCUT2D eigenvalue weighted by molar-refractivity contribution is 5.69. The van der Waals surface area contributed by atoms with E-state index >= 15 is 0 Å². The Labute approximate surface area is 120 Å². The molecule has 1 aliphatic carbocycles. The Morgan fingerprint density at radius 3 is 2.76 bits per heavy atom. The average Bonchev–Trinajstić information content (AvgIpc) is 3.13. The minimum atomic E-state index is 0.219. The van der Waals surface area contributed by atoms with E-state index in [1.165, 1.54) is 11.9 Å². The van der Waals surface area contributed by atoms with Gasteiger partial charge in [0.05, 0.1) is 12.5 Å². The maximum Gasteiger partial charge on any atom is 0.181 e. The minimum Gasteiger partial charge on any atom is -0.396 e. The second-order valence-corrected chi connectivity index (χ2v) is 4.58. The number of aromatic amines is 1. The van der Waals surface area contributed by atoms with Gasteiger partial charge in [-0.15, -0.1) is 0 Å². The normalized spacial score (nSPS) is 18.3. The van der Waals surface area contributed by atoms with Gasteiger partial charge in [-0.05, 0) is 18.6 Å². The number of nitrogens with one attached hydrogen (secondary N) is 1. The van der Waals surface area contributed by atoms with Crippen LogP contribution in [0.4, 0.5) is 0 Å². The molecule has 106 valence electrons. The zero-order valence-electron chi connectivity index (χ0n) is 11.2. The summed E-state index contributed by atoms with van der Waals surface area (Å²) in [7, 11) is 0. The van der Waals surface area contributed by atoms with Crippen LogP contribution in [-0.4, -0.2) is 41.6 Å². The van der Waals surface area contributed by atoms with Gasteiger partial charge in [-0.2, -0.15) is 0 Å². The molecule has 4 rings (SSSR count). The van der Waals surface area contributed by atoms with Gasteiger partial charge in [0, 0.05) is 24.9 Å². The number of fused-ring (bicyclic) bond motifs is 1. The number of aliphatic hydroxyl groups is 1. The molecule has 0 spiro atoms. The Bertz CT molecular complexity index is 713. The van der Waals surface area contributed by atoms with Crippen LogP contribution in [0.3, 0.4) is 0 Å². The number of hydrogen-bond acceptors (Lipinski definition) is 6. The molecule has 3 aromatic rings. The number of imidazole rings is 1. The third-order valence-electron chi connectivity index (χ3n) is 3.05. The predicted molar refractivity (Wildman–Crippen MR) is 76.9 cm³/mol. The first-order valence-electron chi connectivity index (χ1n) is 6.54. The lowest BCUT2D eigenvalue weighted by atomic mass is 10.4. The van der Waals surface area contributed by atoms with Crippen LogP contribution in [0.1, 0.15) is 12.2 Å². The largest absolute Gasteiger partial charge is 0.396 e. The maximum atomic E-state index is 8.89. The van der Waals surface area contributed by atoms with Crippen LogP contribution < -0.4 is 0 Å². The van der Waals surface area contributed by atoms with E-state index in [4.69, 9.17) is 5.11 Å². The molecule has 0 amide bonds. The summed E-state index contributed by atoms with van der Waals surface area (Å²) < 4.78 is 0. The van der Waals surface area contributed by atoms with Gasteiger partial charge in [-0.1, -0.05) is 5.57 Å². The minimum absolute atomic E-state index is 0.219. The lowest BCUT2D eigenvalue weighted by molar-refractivity contribution is 0.281. The van der Waals surface area contributed by atoms with Crippen molar-refractivity contribution in [3.63, 3.8) is 0 Å². The van der Waals surface area contributed by atoms with Crippen molar-refractivity contribution in [3.8, 4) is 0 Å². The van der Waals surface area contributed by atoms with E-state index in [0.29, 0.717) is 17.4 Å². The lowest BCUT2D eigenvalue weighted by Crippen LogP contribution is -1.88. The van der Waals surface area contributed by atoms with Gasteiger partial charge in [-0.3, -0.25) is 0 Å². The van der Waals surface area contributed by atoms with Gasteiger partial charge in [0.15, 0.2) is 11.5 Å². The molecule has 7 nitrogen and oxygen atoms in total. The van der Waals surface area contributed by atoms with Gasteiger partial charge >= 0.3 is 0 Å². The average molecular weight is 282 g/mol. The summed E-state index contributed by atoms with van der Waals surface area (Å²) in [5.74, 6) is 0.990. The smallest absolute Gasteiger partial charge is 0.181 e. The Morgan fingerprint density at radius 1 is 1.29 bits per heavy atom. The Morgan fingerprint density at radius 2 is 2.14 bits per heavy atom. The van der Waals surface area contributed by atoms with E-state index in [0.717, 1.165) is 11.9 Å². The molecule has 2 N–H and O–H groups in total. The van der Waals surface area contributed by atoms with Crippen LogP contribution in [0.2, 0.25) is 0 Å². The monoisotopic (exact) mass is 282 g/mol. The van der Waals surface area contributed by atoms with Crippen LogP contribution in [0, 0.1) is 5.92 Å². The van der Waals surface area contributed by atoms with E-state index in [-0.39, 0.29) is 6.61 Å². The third-order valence-corrected chi connectivity index (χ3v) is 3.05. The molecule has 0 saturated heterocycles. The zero-order valence-corrected chi connectivity index (χ0v) is 11.2. The SMILES string of the molecule is OCC1C/C1=C\c1ncc2[nH]cnc2n1.c1cncnc1. The van der Waals surface area contributed by atoms with Gasteiger partial charge in [0.2, 0.25) is 0 Å². The van der Waals surface area contributed by atoms with Gasteiger partial charge < -0.3 is 10.1 Å². The molecule has 1 fully saturated rings. The molecule has 1 saturated carbocycles. The quantitative estimate of drug-likeness (QED) is 0.733. The highest BCUT2D eigenvalue weighted by Crippen LogP contribution is 2.37. The Balaban J connectivity index is 0.000000186. The van der Waals surface area contributed by atoms with E-state index in [9.17, 15) is 0 Å². The van der Waals surface area contributed by atoms with Crippen LogP contribution in [0.25, 0.3) is 17.2 Å². The van der Waals surface area contributed by atoms with Crippen LogP contribution in [0.5, 0.6) is 0 Å². The number of hydrogen-bond donors (Lipinski definition) is 2. The molecule has 0 aromatic carbocycles. The van der Waals surface area contributed by atoms with Crippen molar-refractivity contribution in [3.05, 3.63) is 48.7 Å². The van der Waals surface area contributed by atoms with Crippen LogP contribution in [-0.2, 0) is 0 Å². The summed E-state index contributed by atoms with van der Waals surface area (Å²) in [5.41, 5.74) is 2.73. The first-order chi connectivity index (χ1) is 10.4. The van der Waals surface area contributed by atoms with Gasteiger partial charge in [0.25, 0.3) is 0 Å². The predicted octanol–water partition coefficient (Wildman–Crippen LogP) is 1.23. The standard InChI is InChI=1S/C10H10N4O.C4H4N2/c15-4-7-1-6(7)2-9-11-3-8-10(14-9)13-5-12-8;1-2-5-4-6-3-1/h2-3,5,7,15H,1,4H2,(H,11,12,13,14);1-4H/b6-2+;. The molecular weight excluding hydrogens is 268 g/mol. The maximum absolute atomic E-state index is 8.89. The van der Waals surface area contributed by atoms with Gasteiger partial charge in [0.1, 0.15) is 11.8 Å². The summed E-state index contributed by atoms with van der Waals surface area (Å²) in [6.07, 6.45) is 11.1. The fraction of sp³-hybridized carbons (Fsp3) is 0.214. The highest BCUT2D eigenvalue weighted by Gasteiger charge is 2.28. The molecule has 21 heavy (non-hydrogen) atoms. The highest BCUT2D eigenvalue weighted by atomic mass is 16.3. The zero-order chi connectivity index (χ0) is 14.5. The summed E-state index contributed by atoms with van der Waals surface area (Å²) in [6, 6.07) is 1.78. The second kappa shape index (κ2) is 6.19. The molecule has 3 aromatic heterocycles. The summed E-state index contributed by atoms with van der Waals surface area (Å²) in [4.78, 5) is 22.8. The van der Waals surface area contributed by atoms with Crippen molar-refractivity contribution >= 4 is 17.2 Å². The van der Waals surface area contributed by atoms with Crippen LogP contribution >= 0.6 is 0 Å². The van der Waals surface area contributed by atoms with E-state index in [2.05, 4.69) is 29.9 Å². The van der Waals surface area contributed by atoms with Crippen molar-refractivity contribution in [2.45, 2.75) is 6.42 Å². The third kappa shape index (κ3) is 3.46. The Hall–Kier alpha value is -2.67. The molecular formula is C14H14N6O. The van der Waals surface area contributed by atoms with Gasteiger partial charge in [-0.25, -0.2) is 24.9 Å². The fourth-order valence-electron chi connectivity index (χ4n) is 1.82. The molecule has 0 aliphatic heterocycles. The molecule has 1 atom stereocenters.